The van der Waals surface area contributed by atoms with E-state index in [0.29, 0.717) is 22.7 Å². The summed E-state index contributed by atoms with van der Waals surface area (Å²) in [6.07, 6.45) is 1.98. The molecule has 4 rings (SSSR count). The first-order valence-corrected chi connectivity index (χ1v) is 10.7. The van der Waals surface area contributed by atoms with Crippen LogP contribution in [-0.2, 0) is 11.2 Å². The molecule has 0 atom stereocenters. The Bertz CT molecular complexity index is 1090. The minimum Gasteiger partial charge on any atom is -0.497 e. The van der Waals surface area contributed by atoms with Gasteiger partial charge in [0.2, 0.25) is 0 Å². The first kappa shape index (κ1) is 20.1. The standard InChI is InChI=1S/C23H22N2O4S/c1-3-5-22-24-18(14-30-22)15-8-9-21-19(11-15)25(23(27)13-29-21)12-20(26)16-6-4-7-17(10-16)28-2/h4,6-11,14H,3,5,12-13H2,1-2H3. The smallest absolute Gasteiger partial charge is 0.265 e. The van der Waals surface area contributed by atoms with Crippen LogP contribution in [0.3, 0.4) is 0 Å². The highest BCUT2D eigenvalue weighted by atomic mass is 32.1. The summed E-state index contributed by atoms with van der Waals surface area (Å²) in [5.41, 5.74) is 2.84. The van der Waals surface area contributed by atoms with Crippen molar-refractivity contribution < 1.29 is 19.1 Å². The molecule has 6 nitrogen and oxygen atoms in total. The van der Waals surface area contributed by atoms with Gasteiger partial charge in [-0.2, -0.15) is 0 Å². The van der Waals surface area contributed by atoms with Crippen molar-refractivity contribution in [2.75, 3.05) is 25.2 Å². The van der Waals surface area contributed by atoms with E-state index in [2.05, 4.69) is 11.9 Å². The van der Waals surface area contributed by atoms with Gasteiger partial charge in [-0.1, -0.05) is 19.1 Å². The third-order valence-corrected chi connectivity index (χ3v) is 5.82. The van der Waals surface area contributed by atoms with Crippen molar-refractivity contribution in [1.82, 2.24) is 4.98 Å². The highest BCUT2D eigenvalue weighted by Crippen LogP contribution is 2.36. The normalized spacial score (nSPS) is 13.0. The number of Topliss-reactive ketones (excluding diaryl/α,β-unsaturated/α-hetero) is 1. The van der Waals surface area contributed by atoms with Crippen LogP contribution >= 0.6 is 11.3 Å². The molecule has 154 valence electrons. The van der Waals surface area contributed by atoms with E-state index in [9.17, 15) is 9.59 Å². The number of aromatic nitrogens is 1. The molecule has 0 saturated carbocycles. The zero-order valence-corrected chi connectivity index (χ0v) is 17.7. The van der Waals surface area contributed by atoms with E-state index in [4.69, 9.17) is 9.47 Å². The van der Waals surface area contributed by atoms with E-state index in [-0.39, 0.29) is 24.8 Å². The maximum atomic E-state index is 12.9. The van der Waals surface area contributed by atoms with Crippen LogP contribution in [0.15, 0.2) is 47.8 Å². The third kappa shape index (κ3) is 4.07. The molecule has 2 heterocycles. The van der Waals surface area contributed by atoms with E-state index in [1.807, 2.05) is 23.6 Å². The van der Waals surface area contributed by atoms with Gasteiger partial charge in [0.15, 0.2) is 12.4 Å². The van der Waals surface area contributed by atoms with Gasteiger partial charge in [0.1, 0.15) is 11.5 Å². The number of nitrogens with zero attached hydrogens (tertiary/aromatic N) is 2. The number of hydrogen-bond donors (Lipinski definition) is 0. The van der Waals surface area contributed by atoms with E-state index in [0.717, 1.165) is 29.1 Å². The highest BCUT2D eigenvalue weighted by molar-refractivity contribution is 7.09. The molecule has 0 aliphatic carbocycles. The van der Waals surface area contributed by atoms with Crippen LogP contribution in [0, 0.1) is 0 Å². The lowest BCUT2D eigenvalue weighted by Gasteiger charge is -2.29. The molecular formula is C23H22N2O4S. The van der Waals surface area contributed by atoms with Crippen LogP contribution in [0.25, 0.3) is 11.3 Å². The summed E-state index contributed by atoms with van der Waals surface area (Å²) in [6.45, 7) is 1.97. The van der Waals surface area contributed by atoms with Crippen LogP contribution in [0.5, 0.6) is 11.5 Å². The molecule has 0 fully saturated rings. The molecular weight excluding hydrogens is 400 g/mol. The molecule has 0 spiro atoms. The fourth-order valence-corrected chi connectivity index (χ4v) is 4.25. The number of methoxy groups -OCH3 is 1. The molecule has 7 heteroatoms. The van der Waals surface area contributed by atoms with Crippen molar-refractivity contribution in [3.63, 3.8) is 0 Å². The Morgan fingerprint density at radius 2 is 2.13 bits per heavy atom. The average Bonchev–Trinajstić information content (AvgIpc) is 3.24. The van der Waals surface area contributed by atoms with Crippen molar-refractivity contribution in [3.8, 4) is 22.8 Å². The SMILES string of the molecule is CCCc1nc(-c2ccc3c(c2)N(CC(=O)c2cccc(OC)c2)C(=O)CO3)cs1. The summed E-state index contributed by atoms with van der Waals surface area (Å²) < 4.78 is 10.8. The second kappa shape index (κ2) is 8.67. The largest absolute Gasteiger partial charge is 0.497 e. The number of amides is 1. The summed E-state index contributed by atoms with van der Waals surface area (Å²) in [5, 5.41) is 3.10. The topological polar surface area (TPSA) is 68.7 Å². The highest BCUT2D eigenvalue weighted by Gasteiger charge is 2.28. The number of anilines is 1. The molecule has 0 radical (unpaired) electrons. The van der Waals surface area contributed by atoms with Gasteiger partial charge in [-0.25, -0.2) is 4.98 Å². The van der Waals surface area contributed by atoms with Gasteiger partial charge in [-0.15, -0.1) is 11.3 Å². The predicted octanol–water partition coefficient (Wildman–Crippen LogP) is 4.38. The van der Waals surface area contributed by atoms with Crippen molar-refractivity contribution in [2.45, 2.75) is 19.8 Å². The fraction of sp³-hybridized carbons (Fsp3) is 0.261. The van der Waals surface area contributed by atoms with Gasteiger partial charge < -0.3 is 9.47 Å². The fourth-order valence-electron chi connectivity index (χ4n) is 3.34. The number of rotatable bonds is 7. The number of carbonyl (C=O) groups is 2. The van der Waals surface area contributed by atoms with Gasteiger partial charge in [-0.3, -0.25) is 14.5 Å². The first-order chi connectivity index (χ1) is 14.6. The second-order valence-corrected chi connectivity index (χ2v) is 7.93. The Labute approximate surface area is 179 Å². The van der Waals surface area contributed by atoms with Crippen molar-refractivity contribution >= 4 is 28.7 Å². The van der Waals surface area contributed by atoms with Crippen molar-refractivity contribution in [3.05, 3.63) is 58.4 Å². The summed E-state index contributed by atoms with van der Waals surface area (Å²) >= 11 is 1.63. The second-order valence-electron chi connectivity index (χ2n) is 6.98. The number of benzene rings is 2. The molecule has 2 aromatic carbocycles. The number of fused-ring (bicyclic) bond motifs is 1. The van der Waals surface area contributed by atoms with E-state index in [1.165, 1.54) is 4.90 Å². The number of carbonyl (C=O) groups excluding carboxylic acids is 2. The number of thiazole rings is 1. The van der Waals surface area contributed by atoms with E-state index >= 15 is 0 Å². The minimum absolute atomic E-state index is 0.0655. The number of ether oxygens (including phenoxy) is 2. The van der Waals surface area contributed by atoms with Crippen LogP contribution in [-0.4, -0.2) is 36.9 Å². The zero-order chi connectivity index (χ0) is 21.1. The molecule has 0 unspecified atom stereocenters. The first-order valence-electron chi connectivity index (χ1n) is 9.78. The Hall–Kier alpha value is -3.19. The summed E-state index contributed by atoms with van der Waals surface area (Å²) in [5.74, 6) is 0.768. The molecule has 1 aromatic heterocycles. The average molecular weight is 423 g/mol. The van der Waals surface area contributed by atoms with Crippen molar-refractivity contribution in [1.29, 1.82) is 0 Å². The summed E-state index contributed by atoms with van der Waals surface area (Å²) in [4.78, 5) is 31.6. The molecule has 1 amide bonds. The molecule has 0 N–H and O–H groups in total. The van der Waals surface area contributed by atoms with Gasteiger partial charge in [0, 0.05) is 16.5 Å². The zero-order valence-electron chi connectivity index (χ0n) is 16.9. The molecule has 3 aromatic rings. The Morgan fingerprint density at radius 3 is 2.93 bits per heavy atom. The van der Waals surface area contributed by atoms with Gasteiger partial charge >= 0.3 is 0 Å². The van der Waals surface area contributed by atoms with Crippen molar-refractivity contribution in [2.24, 2.45) is 0 Å². The quantitative estimate of drug-likeness (QED) is 0.529. The predicted molar refractivity (Wildman–Crippen MR) is 117 cm³/mol. The van der Waals surface area contributed by atoms with Gasteiger partial charge in [0.25, 0.3) is 5.91 Å². The van der Waals surface area contributed by atoms with E-state index in [1.54, 1.807) is 42.7 Å². The molecule has 30 heavy (non-hydrogen) atoms. The third-order valence-electron chi connectivity index (χ3n) is 4.91. The lowest BCUT2D eigenvalue weighted by Crippen LogP contribution is -2.42. The summed E-state index contributed by atoms with van der Waals surface area (Å²) in [7, 11) is 1.55. The Morgan fingerprint density at radius 1 is 1.27 bits per heavy atom. The molecule has 1 aliphatic heterocycles. The van der Waals surface area contributed by atoms with Gasteiger partial charge in [0.05, 0.1) is 30.0 Å². The monoisotopic (exact) mass is 422 g/mol. The number of hydrogen-bond acceptors (Lipinski definition) is 6. The minimum atomic E-state index is -0.249. The van der Waals surface area contributed by atoms with Gasteiger partial charge in [-0.05, 0) is 43.2 Å². The number of aryl methyl sites for hydroxylation is 1. The van der Waals surface area contributed by atoms with Crippen LogP contribution in [0.4, 0.5) is 5.69 Å². The summed E-state index contributed by atoms with van der Waals surface area (Å²) in [6, 6.07) is 12.6. The molecule has 1 aliphatic rings. The van der Waals surface area contributed by atoms with Crippen LogP contribution in [0.1, 0.15) is 28.7 Å². The lowest BCUT2D eigenvalue weighted by molar-refractivity contribution is -0.121. The maximum Gasteiger partial charge on any atom is 0.265 e. The lowest BCUT2D eigenvalue weighted by atomic mass is 10.1. The number of ketones is 1. The van der Waals surface area contributed by atoms with Crippen LogP contribution < -0.4 is 14.4 Å². The van der Waals surface area contributed by atoms with E-state index < -0.39 is 0 Å². The Balaban J connectivity index is 1.63. The molecule has 0 saturated heterocycles. The maximum absolute atomic E-state index is 12.9. The van der Waals surface area contributed by atoms with Crippen LogP contribution in [0.2, 0.25) is 0 Å². The molecule has 0 bridgehead atoms. The Kier molecular flexibility index (Phi) is 5.81.